The average molecular weight is 404 g/mol. The van der Waals surface area contributed by atoms with Crippen molar-refractivity contribution in [3.05, 3.63) is 77.6 Å². The van der Waals surface area contributed by atoms with E-state index in [1.807, 2.05) is 65.3 Å². The summed E-state index contributed by atoms with van der Waals surface area (Å²) in [5.41, 5.74) is 3.48. The Morgan fingerprint density at radius 2 is 1.70 bits per heavy atom. The zero-order valence-corrected chi connectivity index (χ0v) is 16.6. The highest BCUT2D eigenvalue weighted by molar-refractivity contribution is 5.89. The number of fused-ring (bicyclic) bond motifs is 1. The zero-order valence-electron chi connectivity index (χ0n) is 16.6. The molecular weight excluding hydrogens is 380 g/mol. The van der Waals surface area contributed by atoms with Crippen LogP contribution in [0.25, 0.3) is 0 Å². The number of amides is 3. The average Bonchev–Trinajstić information content (AvgIpc) is 3.20. The third kappa shape index (κ3) is 4.83. The molecule has 2 heterocycles. The van der Waals surface area contributed by atoms with Crippen LogP contribution in [-0.4, -0.2) is 38.4 Å². The molecule has 8 heteroatoms. The number of hydrogen-bond acceptors (Lipinski definition) is 4. The Morgan fingerprint density at radius 3 is 2.47 bits per heavy atom. The van der Waals surface area contributed by atoms with E-state index in [2.05, 4.69) is 20.9 Å². The maximum Gasteiger partial charge on any atom is 0.322 e. The standard InChI is InChI=1S/C22H24N6O2/c29-21(23-15-17-7-3-1-4-8-17)12-11-19-20-16-27(13-14-28(20)26-25-19)22(30)24-18-9-5-2-6-10-18/h1-10H,11-16H2,(H,23,29)(H,24,30). The lowest BCUT2D eigenvalue weighted by molar-refractivity contribution is -0.121. The van der Waals surface area contributed by atoms with Gasteiger partial charge in [-0.15, -0.1) is 5.10 Å². The molecule has 4 rings (SSSR count). The number of aryl methyl sites for hydroxylation is 1. The van der Waals surface area contributed by atoms with Crippen molar-refractivity contribution in [3.63, 3.8) is 0 Å². The Balaban J connectivity index is 1.31. The fraction of sp³-hybridized carbons (Fsp3) is 0.273. The fourth-order valence-electron chi connectivity index (χ4n) is 3.40. The SMILES string of the molecule is O=C(CCc1nnn2c1CN(C(=O)Nc1ccccc1)CC2)NCc1ccccc1. The Labute approximate surface area is 174 Å². The number of benzene rings is 2. The van der Waals surface area contributed by atoms with Gasteiger partial charge in [-0.05, 0) is 17.7 Å². The van der Waals surface area contributed by atoms with Crippen LogP contribution in [0.2, 0.25) is 0 Å². The van der Waals surface area contributed by atoms with Gasteiger partial charge in [-0.1, -0.05) is 53.7 Å². The van der Waals surface area contributed by atoms with Crippen molar-refractivity contribution >= 4 is 17.6 Å². The predicted octanol–water partition coefficient (Wildman–Crippen LogP) is 2.57. The zero-order chi connectivity index (χ0) is 20.8. The van der Waals surface area contributed by atoms with E-state index in [0.717, 1.165) is 22.6 Å². The molecule has 0 unspecified atom stereocenters. The molecule has 0 radical (unpaired) electrons. The van der Waals surface area contributed by atoms with Gasteiger partial charge in [0.25, 0.3) is 0 Å². The number of carbonyl (C=O) groups is 2. The minimum Gasteiger partial charge on any atom is -0.352 e. The minimum atomic E-state index is -0.153. The van der Waals surface area contributed by atoms with Crippen molar-refractivity contribution in [2.45, 2.75) is 32.5 Å². The Bertz CT molecular complexity index is 1000. The van der Waals surface area contributed by atoms with E-state index in [0.29, 0.717) is 39.0 Å². The smallest absolute Gasteiger partial charge is 0.322 e. The van der Waals surface area contributed by atoms with Gasteiger partial charge in [0.05, 0.1) is 24.5 Å². The number of carbonyl (C=O) groups excluding carboxylic acids is 2. The summed E-state index contributed by atoms with van der Waals surface area (Å²) < 4.78 is 1.82. The van der Waals surface area contributed by atoms with E-state index >= 15 is 0 Å². The lowest BCUT2D eigenvalue weighted by Gasteiger charge is -2.28. The highest BCUT2D eigenvalue weighted by Crippen LogP contribution is 2.17. The number of para-hydroxylation sites is 1. The molecule has 1 aliphatic heterocycles. The summed E-state index contributed by atoms with van der Waals surface area (Å²) in [6.07, 6.45) is 0.818. The van der Waals surface area contributed by atoms with Crippen LogP contribution in [0.15, 0.2) is 60.7 Å². The van der Waals surface area contributed by atoms with E-state index in [1.165, 1.54) is 0 Å². The quantitative estimate of drug-likeness (QED) is 0.661. The molecule has 8 nitrogen and oxygen atoms in total. The van der Waals surface area contributed by atoms with Crippen LogP contribution in [0.1, 0.15) is 23.4 Å². The minimum absolute atomic E-state index is 0.0323. The molecule has 154 valence electrons. The molecule has 1 aromatic heterocycles. The number of anilines is 1. The summed E-state index contributed by atoms with van der Waals surface area (Å²) in [4.78, 5) is 26.6. The van der Waals surface area contributed by atoms with Gasteiger partial charge in [-0.25, -0.2) is 9.48 Å². The van der Waals surface area contributed by atoms with Crippen LogP contribution in [0.4, 0.5) is 10.5 Å². The summed E-state index contributed by atoms with van der Waals surface area (Å²) in [7, 11) is 0. The summed E-state index contributed by atoms with van der Waals surface area (Å²) in [5, 5.41) is 14.3. The predicted molar refractivity (Wildman–Crippen MR) is 113 cm³/mol. The van der Waals surface area contributed by atoms with Crippen LogP contribution < -0.4 is 10.6 Å². The summed E-state index contributed by atoms with van der Waals surface area (Å²) in [6.45, 7) is 2.08. The van der Waals surface area contributed by atoms with E-state index in [1.54, 1.807) is 4.90 Å². The van der Waals surface area contributed by atoms with Gasteiger partial charge >= 0.3 is 6.03 Å². The number of nitrogens with zero attached hydrogens (tertiary/aromatic N) is 4. The molecule has 30 heavy (non-hydrogen) atoms. The number of urea groups is 1. The second kappa shape index (κ2) is 9.21. The van der Waals surface area contributed by atoms with Gasteiger partial charge in [0.1, 0.15) is 0 Å². The molecule has 0 fully saturated rings. The molecule has 0 saturated carbocycles. The van der Waals surface area contributed by atoms with Crippen molar-refractivity contribution in [3.8, 4) is 0 Å². The normalized spacial score (nSPS) is 12.9. The Hall–Kier alpha value is -3.68. The van der Waals surface area contributed by atoms with E-state index < -0.39 is 0 Å². The van der Waals surface area contributed by atoms with Crippen LogP contribution in [0.5, 0.6) is 0 Å². The maximum atomic E-state index is 12.6. The third-order valence-electron chi connectivity index (χ3n) is 5.07. The largest absolute Gasteiger partial charge is 0.352 e. The first-order valence-electron chi connectivity index (χ1n) is 10.0. The summed E-state index contributed by atoms with van der Waals surface area (Å²) in [5.74, 6) is -0.0323. The molecule has 0 spiro atoms. The van der Waals surface area contributed by atoms with Crippen molar-refractivity contribution < 1.29 is 9.59 Å². The van der Waals surface area contributed by atoms with Gasteiger partial charge in [-0.3, -0.25) is 4.79 Å². The van der Waals surface area contributed by atoms with Crippen molar-refractivity contribution in [2.24, 2.45) is 0 Å². The van der Waals surface area contributed by atoms with Crippen LogP contribution in [0.3, 0.4) is 0 Å². The molecule has 3 amide bonds. The molecule has 0 bridgehead atoms. The molecule has 0 aliphatic carbocycles. The van der Waals surface area contributed by atoms with Crippen LogP contribution in [0, 0.1) is 0 Å². The molecule has 0 saturated heterocycles. The second-order valence-electron chi connectivity index (χ2n) is 7.19. The van der Waals surface area contributed by atoms with Gasteiger partial charge in [0.15, 0.2) is 0 Å². The van der Waals surface area contributed by atoms with Crippen molar-refractivity contribution in [1.82, 2.24) is 25.2 Å². The number of nitrogens with one attached hydrogen (secondary N) is 2. The molecular formula is C22H24N6O2. The molecule has 1 aliphatic rings. The summed E-state index contributed by atoms with van der Waals surface area (Å²) >= 11 is 0. The van der Waals surface area contributed by atoms with Crippen LogP contribution in [-0.2, 0) is 30.8 Å². The summed E-state index contributed by atoms with van der Waals surface area (Å²) in [6, 6.07) is 19.0. The number of aromatic nitrogens is 3. The maximum absolute atomic E-state index is 12.6. The molecule has 3 aromatic rings. The number of hydrogen-bond donors (Lipinski definition) is 2. The molecule has 2 N–H and O–H groups in total. The van der Waals surface area contributed by atoms with E-state index in [-0.39, 0.29) is 11.9 Å². The van der Waals surface area contributed by atoms with Gasteiger partial charge in [0.2, 0.25) is 5.91 Å². The van der Waals surface area contributed by atoms with Gasteiger partial charge in [0, 0.05) is 31.6 Å². The first-order chi connectivity index (χ1) is 14.7. The van der Waals surface area contributed by atoms with Gasteiger partial charge in [-0.2, -0.15) is 0 Å². The molecule has 2 aromatic carbocycles. The molecule has 0 atom stereocenters. The Kier molecular flexibility index (Phi) is 6.03. The first-order valence-corrected chi connectivity index (χ1v) is 10.0. The number of rotatable bonds is 6. The van der Waals surface area contributed by atoms with Gasteiger partial charge < -0.3 is 15.5 Å². The van der Waals surface area contributed by atoms with Crippen molar-refractivity contribution in [1.29, 1.82) is 0 Å². The highest BCUT2D eigenvalue weighted by Gasteiger charge is 2.25. The first kappa shape index (κ1) is 19.6. The van der Waals surface area contributed by atoms with E-state index in [4.69, 9.17) is 0 Å². The lowest BCUT2D eigenvalue weighted by atomic mass is 10.1. The highest BCUT2D eigenvalue weighted by atomic mass is 16.2. The van der Waals surface area contributed by atoms with Crippen LogP contribution >= 0.6 is 0 Å². The third-order valence-corrected chi connectivity index (χ3v) is 5.07. The topological polar surface area (TPSA) is 92.2 Å². The monoisotopic (exact) mass is 404 g/mol. The lowest BCUT2D eigenvalue weighted by Crippen LogP contribution is -2.41. The Morgan fingerprint density at radius 1 is 0.967 bits per heavy atom. The van der Waals surface area contributed by atoms with Crippen molar-refractivity contribution in [2.75, 3.05) is 11.9 Å². The fourth-order valence-corrected chi connectivity index (χ4v) is 3.40. The second-order valence-corrected chi connectivity index (χ2v) is 7.19. The van der Waals surface area contributed by atoms with E-state index in [9.17, 15) is 9.59 Å².